The molecule has 0 saturated heterocycles. The smallest absolute Gasteiger partial charge is 0.315 e. The number of hydrogen-bond acceptors (Lipinski definition) is 2. The highest BCUT2D eigenvalue weighted by Gasteiger charge is 2.23. The van der Waals surface area contributed by atoms with Gasteiger partial charge in [-0.3, -0.25) is 4.79 Å². The molecule has 0 atom stereocenters. The fourth-order valence-corrected chi connectivity index (χ4v) is 1.60. The second-order valence-corrected chi connectivity index (χ2v) is 4.69. The van der Waals surface area contributed by atoms with Crippen molar-refractivity contribution in [3.8, 4) is 0 Å². The van der Waals surface area contributed by atoms with Gasteiger partial charge in [0.15, 0.2) is 0 Å². The van der Waals surface area contributed by atoms with Crippen LogP contribution in [-0.4, -0.2) is 23.7 Å². The standard InChI is InChI=1S/C14H18F2N2O3/c1-14(15,16)11-6-4-10(5-7-11)9-18-13(21)17-8-2-3-12(19)20/h4-7H,2-3,8-9H2,1H3,(H,19,20)(H2,17,18,21). The third-order valence-electron chi connectivity index (χ3n) is 2.77. The van der Waals surface area contributed by atoms with Crippen LogP contribution in [0.3, 0.4) is 0 Å². The number of hydrogen-bond donors (Lipinski definition) is 3. The van der Waals surface area contributed by atoms with E-state index in [-0.39, 0.29) is 25.1 Å². The van der Waals surface area contributed by atoms with Crippen molar-refractivity contribution in [2.24, 2.45) is 0 Å². The van der Waals surface area contributed by atoms with E-state index in [9.17, 15) is 18.4 Å². The van der Waals surface area contributed by atoms with Crippen LogP contribution in [0.4, 0.5) is 13.6 Å². The number of carboxylic acid groups (broad SMARTS) is 1. The number of urea groups is 1. The summed E-state index contributed by atoms with van der Waals surface area (Å²) in [5, 5.41) is 13.5. The fraction of sp³-hybridized carbons (Fsp3) is 0.429. The van der Waals surface area contributed by atoms with Gasteiger partial charge in [0.1, 0.15) is 0 Å². The van der Waals surface area contributed by atoms with Gasteiger partial charge in [-0.15, -0.1) is 0 Å². The third kappa shape index (κ3) is 6.69. The highest BCUT2D eigenvalue weighted by atomic mass is 19.3. The molecule has 0 aliphatic heterocycles. The second kappa shape index (κ2) is 7.56. The van der Waals surface area contributed by atoms with Gasteiger partial charge in [0.2, 0.25) is 0 Å². The first-order valence-electron chi connectivity index (χ1n) is 6.50. The average molecular weight is 300 g/mol. The highest BCUT2D eigenvalue weighted by molar-refractivity contribution is 5.73. The average Bonchev–Trinajstić information content (AvgIpc) is 2.40. The largest absolute Gasteiger partial charge is 0.481 e. The molecule has 1 aromatic rings. The number of rotatable bonds is 7. The van der Waals surface area contributed by atoms with E-state index in [1.165, 1.54) is 24.3 Å². The lowest BCUT2D eigenvalue weighted by Gasteiger charge is -2.11. The third-order valence-corrected chi connectivity index (χ3v) is 2.77. The quantitative estimate of drug-likeness (QED) is 0.677. The van der Waals surface area contributed by atoms with Crippen molar-refractivity contribution in [3.63, 3.8) is 0 Å². The van der Waals surface area contributed by atoms with Crippen LogP contribution in [0.25, 0.3) is 0 Å². The van der Waals surface area contributed by atoms with Gasteiger partial charge in [0.25, 0.3) is 5.92 Å². The number of alkyl halides is 2. The monoisotopic (exact) mass is 300 g/mol. The summed E-state index contributed by atoms with van der Waals surface area (Å²) in [4.78, 5) is 21.7. The summed E-state index contributed by atoms with van der Waals surface area (Å²) >= 11 is 0. The fourth-order valence-electron chi connectivity index (χ4n) is 1.60. The van der Waals surface area contributed by atoms with Crippen molar-refractivity contribution in [2.45, 2.75) is 32.2 Å². The molecule has 0 aromatic heterocycles. The van der Waals surface area contributed by atoms with E-state index >= 15 is 0 Å². The van der Waals surface area contributed by atoms with Gasteiger partial charge < -0.3 is 15.7 Å². The zero-order valence-corrected chi connectivity index (χ0v) is 11.7. The van der Waals surface area contributed by atoms with E-state index in [0.717, 1.165) is 6.92 Å². The molecule has 0 heterocycles. The Labute approximate surface area is 121 Å². The first kappa shape index (κ1) is 16.9. The summed E-state index contributed by atoms with van der Waals surface area (Å²) < 4.78 is 26.0. The molecule has 21 heavy (non-hydrogen) atoms. The maximum absolute atomic E-state index is 13.0. The minimum absolute atomic E-state index is 0.00697. The van der Waals surface area contributed by atoms with E-state index in [1.807, 2.05) is 0 Å². The molecule has 0 spiro atoms. The Morgan fingerprint density at radius 2 is 1.81 bits per heavy atom. The van der Waals surface area contributed by atoms with Gasteiger partial charge in [0, 0.05) is 32.0 Å². The maximum Gasteiger partial charge on any atom is 0.315 e. The minimum Gasteiger partial charge on any atom is -0.481 e. The summed E-state index contributed by atoms with van der Waals surface area (Å²) in [5.74, 6) is -3.79. The molecule has 0 unspecified atom stereocenters. The van der Waals surface area contributed by atoms with Crippen LogP contribution in [0, 0.1) is 0 Å². The number of carbonyl (C=O) groups is 2. The Balaban J connectivity index is 2.31. The molecule has 0 fully saturated rings. The number of aliphatic carboxylic acids is 1. The van der Waals surface area contributed by atoms with Crippen molar-refractivity contribution in [1.82, 2.24) is 10.6 Å². The topological polar surface area (TPSA) is 78.4 Å². The summed E-state index contributed by atoms with van der Waals surface area (Å²) in [5.41, 5.74) is 0.619. The van der Waals surface area contributed by atoms with Crippen molar-refractivity contribution < 1.29 is 23.5 Å². The number of benzene rings is 1. The molecule has 7 heteroatoms. The van der Waals surface area contributed by atoms with E-state index in [4.69, 9.17) is 5.11 Å². The molecule has 0 radical (unpaired) electrons. The Hall–Kier alpha value is -2.18. The lowest BCUT2D eigenvalue weighted by atomic mass is 10.1. The summed E-state index contributed by atoms with van der Waals surface area (Å²) in [7, 11) is 0. The Kier molecular flexibility index (Phi) is 6.08. The first-order chi connectivity index (χ1) is 9.79. The van der Waals surface area contributed by atoms with Crippen LogP contribution in [0.1, 0.15) is 30.9 Å². The molecular formula is C14H18F2N2O3. The zero-order valence-electron chi connectivity index (χ0n) is 11.7. The van der Waals surface area contributed by atoms with Gasteiger partial charge in [-0.1, -0.05) is 24.3 Å². The highest BCUT2D eigenvalue weighted by Crippen LogP contribution is 2.26. The number of nitrogens with one attached hydrogen (secondary N) is 2. The van der Waals surface area contributed by atoms with Crippen molar-refractivity contribution >= 4 is 12.0 Å². The SMILES string of the molecule is CC(F)(F)c1ccc(CNC(=O)NCCCC(=O)O)cc1. The van der Waals surface area contributed by atoms with E-state index in [2.05, 4.69) is 10.6 Å². The second-order valence-electron chi connectivity index (χ2n) is 4.69. The molecule has 0 aliphatic carbocycles. The summed E-state index contributed by atoms with van der Waals surface area (Å²) in [6.45, 7) is 1.30. The van der Waals surface area contributed by atoms with Crippen molar-refractivity contribution in [1.29, 1.82) is 0 Å². The molecule has 0 aliphatic rings. The predicted molar refractivity (Wildman–Crippen MR) is 73.1 cm³/mol. The maximum atomic E-state index is 13.0. The van der Waals surface area contributed by atoms with E-state index < -0.39 is 17.9 Å². The molecule has 1 rings (SSSR count). The Morgan fingerprint density at radius 3 is 2.33 bits per heavy atom. The van der Waals surface area contributed by atoms with Crippen LogP contribution in [-0.2, 0) is 17.3 Å². The van der Waals surface area contributed by atoms with Crippen molar-refractivity contribution in [2.75, 3.05) is 6.54 Å². The van der Waals surface area contributed by atoms with Gasteiger partial charge in [-0.2, -0.15) is 0 Å². The summed E-state index contributed by atoms with van der Waals surface area (Å²) in [6.07, 6.45) is 0.343. The lowest BCUT2D eigenvalue weighted by Crippen LogP contribution is -2.35. The molecule has 2 amide bonds. The van der Waals surface area contributed by atoms with Crippen LogP contribution in [0.15, 0.2) is 24.3 Å². The lowest BCUT2D eigenvalue weighted by molar-refractivity contribution is -0.137. The number of carboxylic acids is 1. The van der Waals surface area contributed by atoms with E-state index in [0.29, 0.717) is 12.0 Å². The first-order valence-corrected chi connectivity index (χ1v) is 6.50. The molecule has 1 aromatic carbocycles. The van der Waals surface area contributed by atoms with Crippen LogP contribution < -0.4 is 10.6 Å². The van der Waals surface area contributed by atoms with Gasteiger partial charge >= 0.3 is 12.0 Å². The number of carbonyl (C=O) groups excluding carboxylic acids is 1. The molecule has 116 valence electrons. The van der Waals surface area contributed by atoms with Gasteiger partial charge in [0.05, 0.1) is 0 Å². The molecule has 0 saturated carbocycles. The number of amides is 2. The molecule has 0 bridgehead atoms. The number of halogens is 2. The zero-order chi connectivity index (χ0) is 15.9. The van der Waals surface area contributed by atoms with Crippen LogP contribution >= 0.6 is 0 Å². The van der Waals surface area contributed by atoms with E-state index in [1.54, 1.807) is 0 Å². The molecule has 5 nitrogen and oxygen atoms in total. The van der Waals surface area contributed by atoms with Gasteiger partial charge in [-0.25, -0.2) is 13.6 Å². The Bertz CT molecular complexity index is 484. The normalized spacial score (nSPS) is 11.0. The van der Waals surface area contributed by atoms with Crippen LogP contribution in [0.2, 0.25) is 0 Å². The van der Waals surface area contributed by atoms with Crippen LogP contribution in [0.5, 0.6) is 0 Å². The minimum atomic E-state index is -2.88. The predicted octanol–water partition coefficient (Wildman–Crippen LogP) is 2.46. The molecular weight excluding hydrogens is 282 g/mol. The Morgan fingerprint density at radius 1 is 1.19 bits per heavy atom. The molecule has 3 N–H and O–H groups in total. The van der Waals surface area contributed by atoms with Crippen molar-refractivity contribution in [3.05, 3.63) is 35.4 Å². The van der Waals surface area contributed by atoms with Gasteiger partial charge in [-0.05, 0) is 12.0 Å². The summed E-state index contributed by atoms with van der Waals surface area (Å²) in [6, 6.07) is 5.27.